The van der Waals surface area contributed by atoms with Crippen molar-refractivity contribution in [2.75, 3.05) is 11.9 Å². The van der Waals surface area contributed by atoms with E-state index in [1.165, 1.54) is 4.90 Å². The molecule has 3 amide bonds. The highest BCUT2D eigenvalue weighted by molar-refractivity contribution is 9.10. The third-order valence-electron chi connectivity index (χ3n) is 7.96. The Morgan fingerprint density at radius 2 is 1.38 bits per heavy atom. The average Bonchev–Trinajstić information content (AvgIpc) is 3.17. The summed E-state index contributed by atoms with van der Waals surface area (Å²) < 4.78 is 0.930. The average molecular weight is 598 g/mol. The van der Waals surface area contributed by atoms with E-state index in [0.29, 0.717) is 5.69 Å². The van der Waals surface area contributed by atoms with Gasteiger partial charge in [-0.25, -0.2) is 0 Å². The van der Waals surface area contributed by atoms with Crippen molar-refractivity contribution in [2.45, 2.75) is 29.5 Å². The predicted octanol–water partition coefficient (Wildman–Crippen LogP) is 5.93. The summed E-state index contributed by atoms with van der Waals surface area (Å²) in [6, 6.07) is 20.7. The molecule has 0 saturated carbocycles. The van der Waals surface area contributed by atoms with Crippen LogP contribution in [0.4, 0.5) is 5.69 Å². The number of carbonyl (C=O) groups is 3. The molecule has 4 aliphatic rings. The van der Waals surface area contributed by atoms with Crippen LogP contribution in [0.1, 0.15) is 41.2 Å². The van der Waals surface area contributed by atoms with Gasteiger partial charge in [0.05, 0.1) is 11.8 Å². The molecule has 2 bridgehead atoms. The van der Waals surface area contributed by atoms with Crippen LogP contribution in [0.2, 0.25) is 0 Å². The Labute approximate surface area is 233 Å². The van der Waals surface area contributed by atoms with Gasteiger partial charge in [0, 0.05) is 23.1 Å². The first kappa shape index (κ1) is 24.7. The molecule has 1 N–H and O–H groups in total. The van der Waals surface area contributed by atoms with Crippen LogP contribution >= 0.6 is 39.1 Å². The molecule has 8 heteroatoms. The predicted molar refractivity (Wildman–Crippen MR) is 147 cm³/mol. The first-order valence-electron chi connectivity index (χ1n) is 12.2. The summed E-state index contributed by atoms with van der Waals surface area (Å²) in [5, 5.41) is 2.92. The lowest BCUT2D eigenvalue weighted by molar-refractivity contribution is -0.140. The van der Waals surface area contributed by atoms with E-state index < -0.39 is 21.6 Å². The summed E-state index contributed by atoms with van der Waals surface area (Å²) in [7, 11) is 0. The normalized spacial score (nSPS) is 27.1. The Morgan fingerprint density at radius 1 is 0.892 bits per heavy atom. The van der Waals surface area contributed by atoms with Crippen molar-refractivity contribution in [1.29, 1.82) is 0 Å². The lowest BCUT2D eigenvalue weighted by Gasteiger charge is -2.54. The maximum absolute atomic E-state index is 13.8. The van der Waals surface area contributed by atoms with Gasteiger partial charge in [0.1, 0.15) is 9.75 Å². The molecule has 0 spiro atoms. The minimum atomic E-state index is -1.22. The number of alkyl halides is 2. The molecule has 7 rings (SSSR count). The van der Waals surface area contributed by atoms with Crippen molar-refractivity contribution >= 4 is 62.5 Å². The second-order valence-corrected chi connectivity index (χ2v) is 11.9. The van der Waals surface area contributed by atoms with E-state index in [9.17, 15) is 14.4 Å². The van der Waals surface area contributed by atoms with Gasteiger partial charge in [-0.1, -0.05) is 71.4 Å². The van der Waals surface area contributed by atoms with Gasteiger partial charge in [0.2, 0.25) is 17.7 Å². The van der Waals surface area contributed by atoms with Gasteiger partial charge in [0.15, 0.2) is 0 Å². The van der Waals surface area contributed by atoms with E-state index in [4.69, 9.17) is 23.2 Å². The number of halogens is 3. The number of nitrogens with one attached hydrogen (secondary N) is 1. The van der Waals surface area contributed by atoms with Crippen molar-refractivity contribution in [3.05, 3.63) is 99.0 Å². The van der Waals surface area contributed by atoms with Crippen molar-refractivity contribution in [2.24, 2.45) is 11.8 Å². The number of likely N-dealkylation sites (tertiary alicyclic amines) is 1. The fourth-order valence-electron chi connectivity index (χ4n) is 6.35. The quantitative estimate of drug-likeness (QED) is 0.293. The maximum atomic E-state index is 13.8. The summed E-state index contributed by atoms with van der Waals surface area (Å²) in [6.07, 6.45) is 0.721. The van der Waals surface area contributed by atoms with Crippen LogP contribution in [-0.2, 0) is 30.6 Å². The molecule has 3 aromatic rings. The van der Waals surface area contributed by atoms with E-state index >= 15 is 0 Å². The molecule has 1 heterocycles. The summed E-state index contributed by atoms with van der Waals surface area (Å²) in [6.45, 7) is 1.97. The minimum absolute atomic E-state index is 0.0272. The Morgan fingerprint density at radius 3 is 1.84 bits per heavy atom. The van der Waals surface area contributed by atoms with Crippen molar-refractivity contribution in [3.8, 4) is 0 Å². The monoisotopic (exact) mass is 596 g/mol. The highest BCUT2D eigenvalue weighted by Gasteiger charge is 2.72. The summed E-state index contributed by atoms with van der Waals surface area (Å²) in [4.78, 5) is 39.3. The first-order chi connectivity index (χ1) is 17.7. The van der Waals surface area contributed by atoms with E-state index in [1.54, 1.807) is 0 Å². The molecule has 5 nitrogen and oxygen atoms in total. The Kier molecular flexibility index (Phi) is 5.79. The van der Waals surface area contributed by atoms with E-state index in [0.717, 1.165) is 38.7 Å². The fraction of sp³-hybridized carbons (Fsp3) is 0.276. The lowest BCUT2D eigenvalue weighted by Crippen LogP contribution is -2.57. The zero-order valence-corrected chi connectivity index (χ0v) is 23.0. The summed E-state index contributed by atoms with van der Waals surface area (Å²) in [5.41, 5.74) is 4.74. The zero-order valence-electron chi connectivity index (χ0n) is 19.9. The SMILES string of the molecule is CCc1cc(Br)ccc1NC(=O)CCN1C(=O)[C@@H]2[C@@H](C1=O)C1(Cl)c3ccccc3C2(Cl)c2ccccc21. The topological polar surface area (TPSA) is 66.5 Å². The standard InChI is InChI=1S/C29H23BrCl2N2O3/c1-2-16-15-17(30)11-12-22(16)33-23(35)13-14-34-26(36)24-25(27(34)37)29(32)19-8-4-3-7-18(19)28(24,31)20-9-5-6-10-21(20)29/h3-12,15,24-25H,2,13-14H2,1H3,(H,33,35)/t24-,25-,28?,29?/m0/s1. The molecule has 37 heavy (non-hydrogen) atoms. The van der Waals surface area contributed by atoms with Gasteiger partial charge >= 0.3 is 0 Å². The number of benzene rings is 3. The molecule has 0 radical (unpaired) electrons. The third kappa shape index (κ3) is 3.32. The third-order valence-corrected chi connectivity index (χ3v) is 9.74. The lowest BCUT2D eigenvalue weighted by atomic mass is 9.54. The maximum Gasteiger partial charge on any atom is 0.235 e. The number of imide groups is 1. The van der Waals surface area contributed by atoms with Gasteiger partial charge < -0.3 is 5.32 Å². The number of anilines is 1. The van der Waals surface area contributed by atoms with Crippen LogP contribution in [0.5, 0.6) is 0 Å². The van der Waals surface area contributed by atoms with E-state index in [-0.39, 0.29) is 30.7 Å². The number of rotatable bonds is 5. The van der Waals surface area contributed by atoms with Crippen LogP contribution in [0.15, 0.2) is 71.2 Å². The van der Waals surface area contributed by atoms with Crippen molar-refractivity contribution in [3.63, 3.8) is 0 Å². The van der Waals surface area contributed by atoms with E-state index in [2.05, 4.69) is 21.2 Å². The molecule has 0 unspecified atom stereocenters. The molecule has 1 aliphatic heterocycles. The fourth-order valence-corrected chi connectivity index (χ4v) is 7.85. The Bertz CT molecular complexity index is 1370. The molecule has 1 fully saturated rings. The molecule has 0 aromatic heterocycles. The van der Waals surface area contributed by atoms with Crippen LogP contribution in [0.25, 0.3) is 0 Å². The summed E-state index contributed by atoms with van der Waals surface area (Å²) >= 11 is 18.3. The summed E-state index contributed by atoms with van der Waals surface area (Å²) in [5.74, 6) is -2.76. The van der Waals surface area contributed by atoms with Gasteiger partial charge in [0.25, 0.3) is 0 Å². The number of hydrogen-bond acceptors (Lipinski definition) is 3. The van der Waals surface area contributed by atoms with Crippen molar-refractivity contribution in [1.82, 2.24) is 4.90 Å². The van der Waals surface area contributed by atoms with Crippen LogP contribution in [0, 0.1) is 11.8 Å². The van der Waals surface area contributed by atoms with Crippen LogP contribution in [0.3, 0.4) is 0 Å². The molecule has 3 aromatic carbocycles. The second kappa shape index (κ2) is 8.69. The Hall–Kier alpha value is -2.67. The number of carbonyl (C=O) groups excluding carboxylic acids is 3. The Balaban J connectivity index is 1.32. The van der Waals surface area contributed by atoms with Gasteiger partial charge in [-0.15, -0.1) is 23.2 Å². The molecular formula is C29H23BrCl2N2O3. The number of aryl methyl sites for hydroxylation is 1. The molecular weight excluding hydrogens is 575 g/mol. The number of hydrogen-bond donors (Lipinski definition) is 1. The van der Waals surface area contributed by atoms with E-state index in [1.807, 2.05) is 73.7 Å². The molecule has 1 saturated heterocycles. The minimum Gasteiger partial charge on any atom is -0.326 e. The van der Waals surface area contributed by atoms with Gasteiger partial charge in [-0.2, -0.15) is 0 Å². The van der Waals surface area contributed by atoms with Gasteiger partial charge in [-0.3, -0.25) is 19.3 Å². The number of nitrogens with zero attached hydrogens (tertiary/aromatic N) is 1. The molecule has 2 atom stereocenters. The second-order valence-electron chi connectivity index (χ2n) is 9.75. The van der Waals surface area contributed by atoms with Crippen LogP contribution in [-0.4, -0.2) is 29.2 Å². The highest BCUT2D eigenvalue weighted by Crippen LogP contribution is 2.69. The molecule has 3 aliphatic carbocycles. The van der Waals surface area contributed by atoms with Crippen molar-refractivity contribution < 1.29 is 14.4 Å². The molecule has 188 valence electrons. The zero-order chi connectivity index (χ0) is 26.1. The highest BCUT2D eigenvalue weighted by atomic mass is 79.9. The largest absolute Gasteiger partial charge is 0.326 e. The van der Waals surface area contributed by atoms with Gasteiger partial charge in [-0.05, 0) is 52.4 Å². The number of amides is 3. The smallest absolute Gasteiger partial charge is 0.235 e. The van der Waals surface area contributed by atoms with Crippen LogP contribution < -0.4 is 5.32 Å². The first-order valence-corrected chi connectivity index (χ1v) is 13.8.